The Morgan fingerprint density at radius 1 is 1.47 bits per heavy atom. The van der Waals surface area contributed by atoms with Crippen molar-refractivity contribution in [2.24, 2.45) is 0 Å². The van der Waals surface area contributed by atoms with Crippen LogP contribution in [0.25, 0.3) is 0 Å². The quantitative estimate of drug-likeness (QED) is 0.364. The molecule has 1 aliphatic carbocycles. The molecule has 0 spiro atoms. The Hall–Kier alpha value is -0.530. The number of aldehydes is 1. The number of hydrogen-bond donors (Lipinski definition) is 4. The van der Waals surface area contributed by atoms with Gasteiger partial charge in [-0.2, -0.15) is 0 Å². The molecule has 0 amide bonds. The van der Waals surface area contributed by atoms with Gasteiger partial charge in [-0.25, -0.2) is 0 Å². The van der Waals surface area contributed by atoms with Crippen molar-refractivity contribution in [1.29, 1.82) is 0 Å². The van der Waals surface area contributed by atoms with E-state index in [9.17, 15) is 20.1 Å². The first-order chi connectivity index (χ1) is 7.43. The van der Waals surface area contributed by atoms with Gasteiger partial charge in [-0.15, -0.1) is 0 Å². The molecule has 0 heterocycles. The molecule has 6 heteroatoms. The van der Waals surface area contributed by atoms with E-state index in [4.69, 9.17) is 11.2 Å². The number of rotatable bonds is 7. The lowest BCUT2D eigenvalue weighted by molar-refractivity contribution is -0.153. The van der Waals surface area contributed by atoms with Crippen molar-refractivity contribution in [3.05, 3.63) is 0 Å². The topological polar surface area (TPSA) is 107 Å². The van der Waals surface area contributed by atoms with E-state index >= 15 is 0 Å². The summed E-state index contributed by atoms with van der Waals surface area (Å²) in [5, 5.41) is 36.7. The summed E-state index contributed by atoms with van der Waals surface area (Å²) in [6, 6.07) is 0. The van der Waals surface area contributed by atoms with Crippen molar-refractivity contribution in [2.45, 2.75) is 43.3 Å². The zero-order valence-corrected chi connectivity index (χ0v) is 8.11. The molecule has 0 aliphatic heterocycles. The largest absolute Gasteiger partial charge is 0.394 e. The van der Waals surface area contributed by atoms with Crippen molar-refractivity contribution in [1.82, 2.24) is 0 Å². The van der Waals surface area contributed by atoms with Gasteiger partial charge >= 0.3 is 0 Å². The van der Waals surface area contributed by atoms with Gasteiger partial charge in [-0.3, -0.25) is 0 Å². The van der Waals surface area contributed by atoms with Crippen LogP contribution in [0.15, 0.2) is 0 Å². The van der Waals surface area contributed by atoms with E-state index in [-0.39, 0.29) is 6.29 Å². The maximum absolute atomic E-state index is 10.4. The molecule has 0 unspecified atom stereocenters. The lowest BCUT2D eigenvalue weighted by Crippen LogP contribution is -2.48. The monoisotopic (exact) mass is 221 g/mol. The summed E-state index contributed by atoms with van der Waals surface area (Å²) in [6.45, 7) is -0.725. The van der Waals surface area contributed by atoms with Gasteiger partial charge in [-0.05, 0) is 12.8 Å². The highest BCUT2D eigenvalue weighted by molar-refractivity contribution is 5.56. The summed E-state index contributed by atoms with van der Waals surface area (Å²) in [5.41, 5.74) is 0. The average molecular weight is 221 g/mol. The maximum atomic E-state index is 10.4. The first-order valence-electron chi connectivity index (χ1n) is 5.22. The smallest absolute Gasteiger partial charge is 0.151 e. The van der Waals surface area contributed by atoms with Crippen molar-refractivity contribution in [3.63, 3.8) is 0 Å². The van der Waals surface area contributed by atoms with Gasteiger partial charge in [-0.1, -0.05) is 0 Å². The van der Waals surface area contributed by atoms with Gasteiger partial charge < -0.3 is 30.0 Å². The van der Waals surface area contributed by atoms with Gasteiger partial charge in [0.05, 0.1) is 14.1 Å². The normalized spacial score (nSPS) is 27.3. The van der Waals surface area contributed by atoms with Crippen LogP contribution in [0.4, 0.5) is 0 Å². The molecule has 0 aromatic rings. The Morgan fingerprint density at radius 3 is 2.47 bits per heavy atom. The minimum Gasteiger partial charge on any atom is -0.394 e. The van der Waals surface area contributed by atoms with E-state index in [1.807, 2.05) is 0 Å². The Balaban J connectivity index is 2.65. The highest BCUT2D eigenvalue weighted by Crippen LogP contribution is 2.27. The van der Waals surface area contributed by atoms with E-state index < -0.39 is 37.1 Å². The van der Waals surface area contributed by atoms with Crippen LogP contribution in [0.2, 0.25) is 0 Å². The fraction of sp³-hybridized carbons (Fsp3) is 0.889. The maximum Gasteiger partial charge on any atom is 0.151 e. The molecule has 1 fully saturated rings. The van der Waals surface area contributed by atoms with Crippen LogP contribution in [0.1, 0.15) is 14.2 Å². The first-order valence-corrected chi connectivity index (χ1v) is 4.72. The second kappa shape index (κ2) is 5.53. The Morgan fingerprint density at radius 2 is 2.07 bits per heavy atom. The van der Waals surface area contributed by atoms with Crippen LogP contribution < -0.4 is 0 Å². The standard InChI is InChI=1S/C9H16O6/c10-3-6(12)8(14)9(7(13)4-11)15-5-1-2-5/h4-10,12-14H,1-3H2/t6-,7+,8-,9-/m1/s1/i5D. The molecule has 88 valence electrons. The predicted molar refractivity (Wildman–Crippen MR) is 49.1 cm³/mol. The highest BCUT2D eigenvalue weighted by atomic mass is 16.5. The van der Waals surface area contributed by atoms with Gasteiger partial charge in [0.1, 0.15) is 24.4 Å². The summed E-state index contributed by atoms with van der Waals surface area (Å²) in [7, 11) is 0. The molecule has 0 bridgehead atoms. The summed E-state index contributed by atoms with van der Waals surface area (Å²) < 4.78 is 12.6. The number of hydrogen-bond acceptors (Lipinski definition) is 6. The Kier molecular flexibility index (Phi) is 4.04. The second-order valence-corrected chi connectivity index (χ2v) is 3.49. The molecule has 0 radical (unpaired) electrons. The third-order valence-corrected chi connectivity index (χ3v) is 2.15. The summed E-state index contributed by atoms with van der Waals surface area (Å²) in [4.78, 5) is 10.4. The SMILES string of the molecule is [2H]C1(O[C@@H]([C@H](O)[C@H](O)CO)[C@@H](O)C=O)CC1. The molecule has 1 saturated carbocycles. The highest BCUT2D eigenvalue weighted by Gasteiger charge is 2.37. The molecular weight excluding hydrogens is 204 g/mol. The molecule has 0 saturated heterocycles. The van der Waals surface area contributed by atoms with E-state index in [1.54, 1.807) is 0 Å². The summed E-state index contributed by atoms with van der Waals surface area (Å²) in [5.74, 6) is 0. The zero-order chi connectivity index (χ0) is 12.3. The van der Waals surface area contributed by atoms with Gasteiger partial charge in [0.15, 0.2) is 6.29 Å². The van der Waals surface area contributed by atoms with Gasteiger partial charge in [0.25, 0.3) is 0 Å². The number of carbonyl (C=O) groups is 1. The molecule has 15 heavy (non-hydrogen) atoms. The van der Waals surface area contributed by atoms with Crippen LogP contribution in [0, 0.1) is 0 Å². The van der Waals surface area contributed by atoms with Crippen LogP contribution in [0.3, 0.4) is 0 Å². The van der Waals surface area contributed by atoms with Gasteiger partial charge in [0, 0.05) is 0 Å². The van der Waals surface area contributed by atoms with Gasteiger partial charge in [0.2, 0.25) is 0 Å². The van der Waals surface area contributed by atoms with Crippen LogP contribution in [-0.4, -0.2) is 63.8 Å². The molecule has 4 N–H and O–H groups in total. The van der Waals surface area contributed by atoms with Crippen LogP contribution >= 0.6 is 0 Å². The van der Waals surface area contributed by atoms with E-state index in [1.165, 1.54) is 0 Å². The summed E-state index contributed by atoms with van der Waals surface area (Å²) >= 11 is 0. The van der Waals surface area contributed by atoms with E-state index in [2.05, 4.69) is 0 Å². The minimum atomic E-state index is -1.64. The fourth-order valence-corrected chi connectivity index (χ4v) is 1.11. The number of aliphatic hydroxyl groups excluding tert-OH is 4. The molecule has 4 atom stereocenters. The molecular formula is C9H16O6. The van der Waals surface area contributed by atoms with Crippen LogP contribution in [0.5, 0.6) is 0 Å². The van der Waals surface area contributed by atoms with Crippen molar-refractivity contribution in [2.75, 3.05) is 6.61 Å². The van der Waals surface area contributed by atoms with E-state index in [0.717, 1.165) is 0 Å². The number of aliphatic hydroxyl groups is 4. The predicted octanol–water partition coefficient (Wildman–Crippen LogP) is -2.19. The third kappa shape index (κ3) is 3.51. The first kappa shape index (κ1) is 11.0. The molecule has 1 aliphatic rings. The second-order valence-electron chi connectivity index (χ2n) is 3.49. The molecule has 1 rings (SSSR count). The molecule has 0 aromatic carbocycles. The minimum absolute atomic E-state index is 0.156. The number of carbonyl (C=O) groups excluding carboxylic acids is 1. The third-order valence-electron chi connectivity index (χ3n) is 2.15. The lowest BCUT2D eigenvalue weighted by Gasteiger charge is -2.27. The Labute approximate surface area is 88.5 Å². The average Bonchev–Trinajstić information content (AvgIpc) is 3.01. The van der Waals surface area contributed by atoms with Crippen molar-refractivity contribution < 1.29 is 31.3 Å². The fourth-order valence-electron chi connectivity index (χ4n) is 1.11. The summed E-state index contributed by atoms with van der Waals surface area (Å²) in [6.07, 6.45) is -6.35. The van der Waals surface area contributed by atoms with Crippen molar-refractivity contribution >= 4 is 6.29 Å². The molecule has 6 nitrogen and oxygen atoms in total. The Bertz CT molecular complexity index is 244. The van der Waals surface area contributed by atoms with Crippen LogP contribution in [-0.2, 0) is 9.53 Å². The zero-order valence-electron chi connectivity index (χ0n) is 9.11. The van der Waals surface area contributed by atoms with Crippen molar-refractivity contribution in [3.8, 4) is 0 Å². The lowest BCUT2D eigenvalue weighted by atomic mass is 10.0. The molecule has 0 aromatic heterocycles. The number of ether oxygens (including phenoxy) is 1. The van der Waals surface area contributed by atoms with E-state index in [0.29, 0.717) is 12.8 Å².